The van der Waals surface area contributed by atoms with Gasteiger partial charge in [0, 0.05) is 24.8 Å². The number of hydrogen-bond acceptors (Lipinski definition) is 5. The number of carboxylic acid groups (broad SMARTS) is 2. The minimum Gasteiger partial charge on any atom is -0.478 e. The van der Waals surface area contributed by atoms with Crippen molar-refractivity contribution in [3.63, 3.8) is 0 Å². The van der Waals surface area contributed by atoms with E-state index < -0.39 is 18.1 Å². The van der Waals surface area contributed by atoms with E-state index in [1.807, 2.05) is 48.7 Å². The van der Waals surface area contributed by atoms with Crippen LogP contribution in [0.15, 0.2) is 48.5 Å². The van der Waals surface area contributed by atoms with Crippen LogP contribution in [0.1, 0.15) is 51.0 Å². The summed E-state index contributed by atoms with van der Waals surface area (Å²) in [7, 11) is 1.85. The van der Waals surface area contributed by atoms with Gasteiger partial charge in [-0.15, -0.1) is 0 Å². The Morgan fingerprint density at radius 2 is 1.66 bits per heavy atom. The van der Waals surface area contributed by atoms with E-state index >= 15 is 0 Å². The predicted octanol–water partition coefficient (Wildman–Crippen LogP) is 5.13. The van der Waals surface area contributed by atoms with Gasteiger partial charge in [0.25, 0.3) is 5.91 Å². The Morgan fingerprint density at radius 3 is 2.21 bits per heavy atom. The highest BCUT2D eigenvalue weighted by Gasteiger charge is 2.38. The fourth-order valence-electron chi connectivity index (χ4n) is 3.60. The number of aliphatic carboxylic acids is 1. The second kappa shape index (κ2) is 12.7. The van der Waals surface area contributed by atoms with E-state index in [-0.39, 0.29) is 11.5 Å². The molecule has 0 atom stereocenters. The molecular weight excluding hydrogens is 505 g/mol. The standard InChI is InChI=1S/C24H28N4O3.C2HF3O2/c1-5-12-28-19(13-17(3)26-28)15-27(4)22-11-10-18(14-21(22)24(30)31)25-23(29)20-9-7-6-8-16(20)2;3-2(4,5)1(6)7/h6-11,13-14H,5,12,15H2,1-4H3,(H,25,29)(H,30,31);(H,6,7). The summed E-state index contributed by atoms with van der Waals surface area (Å²) in [6.07, 6.45) is -4.12. The van der Waals surface area contributed by atoms with Gasteiger partial charge >= 0.3 is 18.1 Å². The minimum atomic E-state index is -5.08. The van der Waals surface area contributed by atoms with Gasteiger partial charge in [-0.05, 0) is 56.2 Å². The number of carbonyl (C=O) groups excluding carboxylic acids is 1. The molecule has 12 heteroatoms. The number of carbonyl (C=O) groups is 3. The first-order valence-electron chi connectivity index (χ1n) is 11.5. The number of halogens is 3. The molecule has 2 aromatic carbocycles. The van der Waals surface area contributed by atoms with Crippen molar-refractivity contribution >= 4 is 29.2 Å². The molecule has 3 N–H and O–H groups in total. The lowest BCUT2D eigenvalue weighted by Crippen LogP contribution is -2.22. The summed E-state index contributed by atoms with van der Waals surface area (Å²) in [4.78, 5) is 35.3. The molecule has 3 rings (SSSR count). The maximum Gasteiger partial charge on any atom is 0.490 e. The third kappa shape index (κ3) is 8.08. The van der Waals surface area contributed by atoms with Gasteiger partial charge in [-0.25, -0.2) is 9.59 Å². The van der Waals surface area contributed by atoms with Crippen LogP contribution in [0.3, 0.4) is 0 Å². The van der Waals surface area contributed by atoms with Gasteiger partial charge < -0.3 is 20.4 Å². The van der Waals surface area contributed by atoms with Crippen molar-refractivity contribution in [1.29, 1.82) is 0 Å². The molecule has 0 saturated carbocycles. The maximum absolute atomic E-state index is 12.6. The fraction of sp³-hybridized carbons (Fsp3) is 0.308. The summed E-state index contributed by atoms with van der Waals surface area (Å²) in [5.74, 6) is -4.07. The quantitative estimate of drug-likeness (QED) is 0.366. The SMILES string of the molecule is CCCn1nc(C)cc1CN(C)c1ccc(NC(=O)c2ccccc2C)cc1C(=O)O.O=C(O)C(F)(F)F. The van der Waals surface area contributed by atoms with Crippen molar-refractivity contribution in [1.82, 2.24) is 9.78 Å². The lowest BCUT2D eigenvalue weighted by atomic mass is 10.1. The van der Waals surface area contributed by atoms with Gasteiger partial charge in [-0.3, -0.25) is 9.48 Å². The third-order valence-electron chi connectivity index (χ3n) is 5.35. The number of nitrogens with one attached hydrogen (secondary N) is 1. The molecule has 1 heterocycles. The lowest BCUT2D eigenvalue weighted by Gasteiger charge is -2.22. The van der Waals surface area contributed by atoms with Crippen LogP contribution in [0.4, 0.5) is 24.5 Å². The van der Waals surface area contributed by atoms with E-state index in [4.69, 9.17) is 9.90 Å². The van der Waals surface area contributed by atoms with Crippen LogP contribution in [0.2, 0.25) is 0 Å². The van der Waals surface area contributed by atoms with Crippen molar-refractivity contribution in [2.45, 2.75) is 46.5 Å². The van der Waals surface area contributed by atoms with E-state index in [1.165, 1.54) is 6.07 Å². The maximum atomic E-state index is 12.6. The first-order chi connectivity index (χ1) is 17.7. The van der Waals surface area contributed by atoms with Crippen molar-refractivity contribution in [3.8, 4) is 0 Å². The zero-order valence-electron chi connectivity index (χ0n) is 21.3. The zero-order chi connectivity index (χ0) is 28.6. The Morgan fingerprint density at radius 1 is 1.03 bits per heavy atom. The summed E-state index contributed by atoms with van der Waals surface area (Å²) >= 11 is 0. The summed E-state index contributed by atoms with van der Waals surface area (Å²) in [6, 6.07) is 14.2. The molecule has 0 spiro atoms. The van der Waals surface area contributed by atoms with Crippen molar-refractivity contribution < 1.29 is 37.8 Å². The molecule has 0 saturated heterocycles. The second-order valence-corrected chi connectivity index (χ2v) is 8.47. The van der Waals surface area contributed by atoms with Crippen molar-refractivity contribution in [2.75, 3.05) is 17.3 Å². The zero-order valence-corrected chi connectivity index (χ0v) is 21.3. The second-order valence-electron chi connectivity index (χ2n) is 8.47. The fourth-order valence-corrected chi connectivity index (χ4v) is 3.60. The number of aromatic carboxylic acids is 1. The number of anilines is 2. The van der Waals surface area contributed by atoms with E-state index in [1.54, 1.807) is 24.3 Å². The van der Waals surface area contributed by atoms with Crippen LogP contribution in [-0.4, -0.2) is 51.1 Å². The summed E-state index contributed by atoms with van der Waals surface area (Å²) < 4.78 is 33.7. The van der Waals surface area contributed by atoms with Crippen LogP contribution in [-0.2, 0) is 17.9 Å². The van der Waals surface area contributed by atoms with E-state index in [0.29, 0.717) is 23.5 Å². The molecule has 0 bridgehead atoms. The van der Waals surface area contributed by atoms with Crippen LogP contribution < -0.4 is 10.2 Å². The van der Waals surface area contributed by atoms with Crippen LogP contribution in [0, 0.1) is 13.8 Å². The van der Waals surface area contributed by atoms with Crippen LogP contribution >= 0.6 is 0 Å². The van der Waals surface area contributed by atoms with Crippen LogP contribution in [0.5, 0.6) is 0 Å². The molecule has 3 aromatic rings. The number of carboxylic acids is 2. The molecule has 1 aromatic heterocycles. The third-order valence-corrected chi connectivity index (χ3v) is 5.35. The number of amides is 1. The highest BCUT2D eigenvalue weighted by molar-refractivity contribution is 6.06. The first kappa shape index (κ1) is 29.9. The van der Waals surface area contributed by atoms with E-state index in [0.717, 1.165) is 29.9 Å². The topological polar surface area (TPSA) is 125 Å². The monoisotopic (exact) mass is 534 g/mol. The Kier molecular flexibility index (Phi) is 10.0. The average Bonchev–Trinajstić information content (AvgIpc) is 3.17. The lowest BCUT2D eigenvalue weighted by molar-refractivity contribution is -0.192. The van der Waals surface area contributed by atoms with E-state index in [2.05, 4.69) is 17.3 Å². The number of hydrogen-bond donors (Lipinski definition) is 3. The molecule has 38 heavy (non-hydrogen) atoms. The van der Waals surface area contributed by atoms with Crippen molar-refractivity contribution in [3.05, 3.63) is 76.6 Å². The average molecular weight is 535 g/mol. The highest BCUT2D eigenvalue weighted by Crippen LogP contribution is 2.26. The van der Waals surface area contributed by atoms with Gasteiger partial charge in [0.2, 0.25) is 0 Å². The summed E-state index contributed by atoms with van der Waals surface area (Å²) in [5, 5.41) is 24.2. The molecule has 0 aliphatic carbocycles. The first-order valence-corrected chi connectivity index (χ1v) is 11.5. The van der Waals surface area contributed by atoms with E-state index in [9.17, 15) is 27.9 Å². The number of aromatic nitrogens is 2. The Hall–Kier alpha value is -4.35. The molecule has 0 aliphatic heterocycles. The van der Waals surface area contributed by atoms with Gasteiger partial charge in [0.15, 0.2) is 0 Å². The molecule has 204 valence electrons. The Balaban J connectivity index is 0.000000638. The number of rotatable bonds is 8. The normalized spacial score (nSPS) is 10.8. The van der Waals surface area contributed by atoms with Gasteiger partial charge in [0.05, 0.1) is 29.2 Å². The largest absolute Gasteiger partial charge is 0.490 e. The van der Waals surface area contributed by atoms with Gasteiger partial charge in [0.1, 0.15) is 0 Å². The highest BCUT2D eigenvalue weighted by atomic mass is 19.4. The molecule has 0 aliphatic rings. The van der Waals surface area contributed by atoms with Crippen LogP contribution in [0.25, 0.3) is 0 Å². The number of alkyl halides is 3. The molecule has 0 fully saturated rings. The molecule has 0 unspecified atom stereocenters. The summed E-state index contributed by atoms with van der Waals surface area (Å²) in [5.41, 5.74) is 4.51. The van der Waals surface area contributed by atoms with Crippen molar-refractivity contribution in [2.24, 2.45) is 0 Å². The van der Waals surface area contributed by atoms with Gasteiger partial charge in [-0.2, -0.15) is 18.3 Å². The number of aryl methyl sites for hydroxylation is 3. The number of benzene rings is 2. The predicted molar refractivity (Wildman–Crippen MR) is 136 cm³/mol. The Bertz CT molecular complexity index is 1300. The smallest absolute Gasteiger partial charge is 0.478 e. The summed E-state index contributed by atoms with van der Waals surface area (Å²) in [6.45, 7) is 7.24. The molecule has 1 amide bonds. The molecule has 9 nitrogen and oxygen atoms in total. The minimum absolute atomic E-state index is 0.128. The molecule has 0 radical (unpaired) electrons. The number of nitrogens with zero attached hydrogens (tertiary/aromatic N) is 3. The van der Waals surface area contributed by atoms with Gasteiger partial charge in [-0.1, -0.05) is 25.1 Å². The molecular formula is C26H29F3N4O5. The Labute approximate surface area is 217 Å².